The monoisotopic (exact) mass is 615 g/mol. The molecule has 3 aliphatic rings. The predicted octanol–water partition coefficient (Wildman–Crippen LogP) is 6.30. The number of likely N-dealkylation sites (N-methyl/N-ethyl adjacent to an activating group) is 1. The van der Waals surface area contributed by atoms with Crippen molar-refractivity contribution >= 4 is 27.8 Å². The molecule has 0 spiro atoms. The van der Waals surface area contributed by atoms with E-state index in [-0.39, 0.29) is 28.9 Å². The van der Waals surface area contributed by atoms with Crippen LogP contribution in [0.4, 0.5) is 14.9 Å². The lowest BCUT2D eigenvalue weighted by Gasteiger charge is -2.34. The molecule has 0 bridgehead atoms. The van der Waals surface area contributed by atoms with Crippen molar-refractivity contribution < 1.29 is 32.2 Å². The molecule has 2 aromatic carbocycles. The largest absolute Gasteiger partial charge is 0.478 e. The van der Waals surface area contributed by atoms with Gasteiger partial charge in [0.05, 0.1) is 11.3 Å². The number of anilines is 1. The number of hydrogen-bond acceptors (Lipinski definition) is 6. The van der Waals surface area contributed by atoms with Crippen LogP contribution in [0.25, 0.3) is 11.1 Å². The molecule has 0 radical (unpaired) electrons. The lowest BCUT2D eigenvalue weighted by atomic mass is 9.83. The fraction of sp³-hybridized carbons (Fsp3) is 0.562. The number of aromatic carboxylic acids is 1. The Morgan fingerprint density at radius 3 is 2.33 bits per heavy atom. The Morgan fingerprint density at radius 1 is 1.02 bits per heavy atom. The first-order valence-corrected chi connectivity index (χ1v) is 16.6. The Hall–Kier alpha value is -3.18. The molecule has 9 nitrogen and oxygen atoms in total. The van der Waals surface area contributed by atoms with Gasteiger partial charge in [-0.15, -0.1) is 0 Å². The highest BCUT2D eigenvalue weighted by Gasteiger charge is 2.39. The van der Waals surface area contributed by atoms with Crippen molar-refractivity contribution in [1.82, 2.24) is 9.21 Å². The number of carbonyl (C=O) groups is 2. The topological polar surface area (TPSA) is 116 Å². The summed E-state index contributed by atoms with van der Waals surface area (Å²) < 4.78 is 49.6. The summed E-state index contributed by atoms with van der Waals surface area (Å²) >= 11 is 0. The number of nitrogens with one attached hydrogen (secondary N) is 1. The van der Waals surface area contributed by atoms with Gasteiger partial charge in [-0.25, -0.2) is 22.4 Å². The second-order valence-electron chi connectivity index (χ2n) is 13.0. The summed E-state index contributed by atoms with van der Waals surface area (Å²) in [7, 11) is -2.25. The van der Waals surface area contributed by atoms with Crippen molar-refractivity contribution in [2.75, 3.05) is 32.0 Å². The normalized spacial score (nSPS) is 21.9. The molecule has 2 aliphatic heterocycles. The Labute approximate surface area is 253 Å². The van der Waals surface area contributed by atoms with Gasteiger partial charge in [0, 0.05) is 32.7 Å². The van der Waals surface area contributed by atoms with Crippen LogP contribution in [0.15, 0.2) is 35.2 Å². The van der Waals surface area contributed by atoms with Gasteiger partial charge in [0.15, 0.2) is 0 Å². The van der Waals surface area contributed by atoms with Gasteiger partial charge in [0.25, 0.3) is 0 Å². The van der Waals surface area contributed by atoms with Crippen LogP contribution in [0.1, 0.15) is 87.6 Å². The Balaban J connectivity index is 1.55. The minimum atomic E-state index is -3.89. The van der Waals surface area contributed by atoms with Crippen LogP contribution in [-0.4, -0.2) is 73.1 Å². The molecule has 0 unspecified atom stereocenters. The van der Waals surface area contributed by atoms with Gasteiger partial charge in [0.2, 0.25) is 10.0 Å². The first-order chi connectivity index (χ1) is 20.3. The van der Waals surface area contributed by atoms with E-state index in [9.17, 15) is 27.5 Å². The number of carboxylic acid groups (broad SMARTS) is 1. The van der Waals surface area contributed by atoms with Gasteiger partial charge in [-0.3, -0.25) is 0 Å². The number of sulfonamides is 1. The zero-order valence-corrected chi connectivity index (χ0v) is 26.2. The van der Waals surface area contributed by atoms with E-state index < -0.39 is 33.0 Å². The number of halogens is 1. The molecule has 43 heavy (non-hydrogen) atoms. The van der Waals surface area contributed by atoms with Crippen LogP contribution in [0.5, 0.6) is 0 Å². The van der Waals surface area contributed by atoms with Gasteiger partial charge in [-0.2, -0.15) is 4.31 Å². The SMILES string of the molecule is CN1[C@H](C2CCCCC2)CNc2cc(C3CCN(C(=O)OC(C)(C)C)CC3)c(-c3ccc(F)c(C(=O)O)c3)cc2S1(=O)=O. The molecule has 1 aliphatic carbocycles. The first-order valence-electron chi connectivity index (χ1n) is 15.2. The van der Waals surface area contributed by atoms with Crippen LogP contribution < -0.4 is 5.32 Å². The van der Waals surface area contributed by atoms with Crippen molar-refractivity contribution in [2.45, 2.75) is 88.2 Å². The van der Waals surface area contributed by atoms with Gasteiger partial charge in [-0.05, 0) is 99.2 Å². The molecule has 1 amide bonds. The molecule has 2 aromatic rings. The van der Waals surface area contributed by atoms with E-state index in [4.69, 9.17) is 4.74 Å². The van der Waals surface area contributed by atoms with Crippen molar-refractivity contribution in [1.29, 1.82) is 0 Å². The lowest BCUT2D eigenvalue weighted by molar-refractivity contribution is 0.0204. The average molecular weight is 616 g/mol. The van der Waals surface area contributed by atoms with E-state index in [2.05, 4.69) is 5.32 Å². The van der Waals surface area contributed by atoms with Gasteiger partial charge in [0.1, 0.15) is 16.3 Å². The number of carboxylic acids is 1. The second kappa shape index (κ2) is 12.1. The zero-order chi connectivity index (χ0) is 31.1. The van der Waals surface area contributed by atoms with E-state index in [1.807, 2.05) is 26.8 Å². The minimum absolute atomic E-state index is 0.0445. The summed E-state index contributed by atoms with van der Waals surface area (Å²) in [5, 5.41) is 13.1. The summed E-state index contributed by atoms with van der Waals surface area (Å²) in [4.78, 5) is 26.3. The number of hydrogen-bond donors (Lipinski definition) is 2. The summed E-state index contributed by atoms with van der Waals surface area (Å²) in [6.07, 6.45) is 6.17. The molecule has 11 heteroatoms. The van der Waals surface area contributed by atoms with E-state index in [0.717, 1.165) is 37.3 Å². The molecule has 2 fully saturated rings. The maximum atomic E-state index is 14.4. The fourth-order valence-corrected chi connectivity index (χ4v) is 8.34. The minimum Gasteiger partial charge on any atom is -0.478 e. The molecule has 1 atom stereocenters. The maximum Gasteiger partial charge on any atom is 0.410 e. The molecule has 2 heterocycles. The lowest BCUT2D eigenvalue weighted by Crippen LogP contribution is -2.44. The van der Waals surface area contributed by atoms with Gasteiger partial charge >= 0.3 is 12.1 Å². The van der Waals surface area contributed by atoms with Gasteiger partial charge < -0.3 is 20.1 Å². The van der Waals surface area contributed by atoms with Crippen molar-refractivity contribution in [3.05, 3.63) is 47.3 Å². The molecule has 1 saturated heterocycles. The number of carbonyl (C=O) groups excluding carboxylic acids is 1. The molecule has 1 saturated carbocycles. The number of benzene rings is 2. The number of nitrogens with zero attached hydrogens (tertiary/aromatic N) is 2. The highest BCUT2D eigenvalue weighted by Crippen LogP contribution is 2.43. The third kappa shape index (κ3) is 6.52. The molecule has 0 aromatic heterocycles. The van der Waals surface area contributed by atoms with E-state index in [1.54, 1.807) is 18.0 Å². The third-order valence-electron chi connectivity index (χ3n) is 9.07. The molecular weight excluding hydrogens is 573 g/mol. The number of ether oxygens (including phenoxy) is 1. The van der Waals surface area contributed by atoms with Crippen LogP contribution in [0.3, 0.4) is 0 Å². The fourth-order valence-electron chi connectivity index (χ4n) is 6.75. The third-order valence-corrected chi connectivity index (χ3v) is 11.0. The van der Waals surface area contributed by atoms with E-state index >= 15 is 0 Å². The highest BCUT2D eigenvalue weighted by molar-refractivity contribution is 7.89. The number of amides is 1. The first kappa shape index (κ1) is 31.3. The number of likely N-dealkylation sites (tertiary alicyclic amines) is 1. The van der Waals surface area contributed by atoms with Crippen LogP contribution >= 0.6 is 0 Å². The van der Waals surface area contributed by atoms with E-state index in [1.165, 1.54) is 22.9 Å². The Kier molecular flexibility index (Phi) is 8.77. The highest BCUT2D eigenvalue weighted by atomic mass is 32.2. The molecule has 234 valence electrons. The quantitative estimate of drug-likeness (QED) is 0.415. The number of piperidine rings is 1. The Bertz CT molecular complexity index is 1490. The van der Waals surface area contributed by atoms with E-state index in [0.29, 0.717) is 49.3 Å². The summed E-state index contributed by atoms with van der Waals surface area (Å²) in [6, 6.07) is 7.17. The average Bonchev–Trinajstić information content (AvgIpc) is 3.05. The van der Waals surface area contributed by atoms with Crippen LogP contribution in [0, 0.1) is 11.7 Å². The second-order valence-corrected chi connectivity index (χ2v) is 15.0. The summed E-state index contributed by atoms with van der Waals surface area (Å²) in [5.41, 5.74) is 1.24. The Morgan fingerprint density at radius 2 is 1.70 bits per heavy atom. The van der Waals surface area contributed by atoms with Gasteiger partial charge in [-0.1, -0.05) is 25.3 Å². The predicted molar refractivity (Wildman–Crippen MR) is 162 cm³/mol. The maximum absolute atomic E-state index is 14.4. The number of rotatable bonds is 4. The number of fused-ring (bicyclic) bond motifs is 1. The van der Waals surface area contributed by atoms with Crippen LogP contribution in [0.2, 0.25) is 0 Å². The molecular formula is C32H42FN3O6S. The summed E-state index contributed by atoms with van der Waals surface area (Å²) in [6.45, 7) is 6.88. The molecule has 2 N–H and O–H groups in total. The standard InChI is InChI=1S/C32H42FN3O6S/c1-32(2,3)42-31(39)36-14-12-20(13-15-36)23-17-27-29(18-24(23)22-10-11-26(33)25(16-22)30(37)38)43(40,41)35(4)28(19-34-27)21-8-6-5-7-9-21/h10-11,16-18,20-21,28,34H,5-9,12-15,19H2,1-4H3,(H,37,38)/t28-/m0/s1. The molecule has 5 rings (SSSR count). The van der Waals surface area contributed by atoms with Crippen molar-refractivity contribution in [2.24, 2.45) is 5.92 Å². The van der Waals surface area contributed by atoms with Crippen molar-refractivity contribution in [3.8, 4) is 11.1 Å². The smallest absolute Gasteiger partial charge is 0.410 e. The van der Waals surface area contributed by atoms with Crippen LogP contribution in [-0.2, 0) is 14.8 Å². The van der Waals surface area contributed by atoms with Crippen molar-refractivity contribution in [3.63, 3.8) is 0 Å². The summed E-state index contributed by atoms with van der Waals surface area (Å²) in [5.74, 6) is -2.04. The zero-order valence-electron chi connectivity index (χ0n) is 25.4.